The minimum Gasteiger partial charge on any atom is -0.388 e. The van der Waals surface area contributed by atoms with Crippen LogP contribution in [-0.4, -0.2) is 42.2 Å². The van der Waals surface area contributed by atoms with Crippen molar-refractivity contribution in [2.24, 2.45) is 0 Å². The summed E-state index contributed by atoms with van der Waals surface area (Å²) in [5.41, 5.74) is 2.77. The molecule has 5 heteroatoms. The summed E-state index contributed by atoms with van der Waals surface area (Å²) in [4.78, 5) is 11.1. The van der Waals surface area contributed by atoms with Crippen LogP contribution in [0.2, 0.25) is 0 Å². The highest BCUT2D eigenvalue weighted by Crippen LogP contribution is 2.42. The normalized spacial score (nSPS) is 28.7. The molecule has 2 fully saturated rings. The molecule has 134 valence electrons. The van der Waals surface area contributed by atoms with Crippen molar-refractivity contribution in [2.75, 3.05) is 0 Å². The molecule has 5 heterocycles. The molecule has 3 aromatic heterocycles. The Morgan fingerprint density at radius 3 is 2.58 bits per heavy atom. The van der Waals surface area contributed by atoms with Gasteiger partial charge in [0.1, 0.15) is 0 Å². The Kier molecular flexibility index (Phi) is 3.80. The van der Waals surface area contributed by atoms with Crippen molar-refractivity contribution in [2.45, 2.75) is 56.5 Å². The fourth-order valence-corrected chi connectivity index (χ4v) is 4.98. The summed E-state index contributed by atoms with van der Waals surface area (Å²) in [5.74, 6) is 0. The molecule has 3 aromatic rings. The number of hydrogen-bond donors (Lipinski definition) is 1. The average molecular weight is 348 g/mol. The molecule has 0 saturated carbocycles. The largest absolute Gasteiger partial charge is 0.388 e. The number of fused-ring (bicyclic) bond motifs is 3. The van der Waals surface area contributed by atoms with Gasteiger partial charge in [-0.05, 0) is 61.6 Å². The van der Waals surface area contributed by atoms with Gasteiger partial charge in [0, 0.05) is 43.4 Å². The third-order valence-corrected chi connectivity index (χ3v) is 6.12. The van der Waals surface area contributed by atoms with Crippen molar-refractivity contribution in [3.63, 3.8) is 0 Å². The molecule has 0 amide bonds. The maximum Gasteiger partial charge on any atom is 0.0880 e. The number of piperidine rings is 1. The predicted octanol–water partition coefficient (Wildman–Crippen LogP) is 2.99. The smallest absolute Gasteiger partial charge is 0.0880 e. The first-order chi connectivity index (χ1) is 12.7. The monoisotopic (exact) mass is 348 g/mol. The Hall–Kier alpha value is -2.24. The zero-order chi connectivity index (χ0) is 17.6. The van der Waals surface area contributed by atoms with E-state index in [2.05, 4.69) is 43.8 Å². The van der Waals surface area contributed by atoms with Gasteiger partial charge in [-0.15, -0.1) is 0 Å². The Morgan fingerprint density at radius 1 is 1.04 bits per heavy atom. The van der Waals surface area contributed by atoms with Gasteiger partial charge in [0.2, 0.25) is 0 Å². The lowest BCUT2D eigenvalue weighted by Crippen LogP contribution is -2.52. The van der Waals surface area contributed by atoms with Crippen molar-refractivity contribution < 1.29 is 5.11 Å². The van der Waals surface area contributed by atoms with E-state index in [0.29, 0.717) is 18.6 Å². The van der Waals surface area contributed by atoms with Gasteiger partial charge in [0.25, 0.3) is 0 Å². The molecule has 26 heavy (non-hydrogen) atoms. The molecular formula is C21H24N4O. The lowest BCUT2D eigenvalue weighted by Gasteiger charge is -2.44. The van der Waals surface area contributed by atoms with Gasteiger partial charge in [-0.3, -0.25) is 14.9 Å². The predicted molar refractivity (Wildman–Crippen MR) is 101 cm³/mol. The molecule has 5 nitrogen and oxygen atoms in total. The number of aliphatic hydroxyl groups is 1. The van der Waals surface area contributed by atoms with Crippen LogP contribution >= 0.6 is 0 Å². The van der Waals surface area contributed by atoms with Gasteiger partial charge in [-0.2, -0.15) is 0 Å². The van der Waals surface area contributed by atoms with E-state index in [4.69, 9.17) is 0 Å². The summed E-state index contributed by atoms with van der Waals surface area (Å²) in [6.45, 7) is 1.61. The molecule has 0 aromatic carbocycles. The van der Waals surface area contributed by atoms with E-state index in [1.807, 2.05) is 30.7 Å². The van der Waals surface area contributed by atoms with E-state index >= 15 is 0 Å². The summed E-state index contributed by atoms with van der Waals surface area (Å²) in [6, 6.07) is 11.2. The van der Waals surface area contributed by atoms with Crippen LogP contribution in [0.1, 0.15) is 31.2 Å². The second-order valence-electron chi connectivity index (χ2n) is 7.90. The number of rotatable bonds is 4. The van der Waals surface area contributed by atoms with Crippen molar-refractivity contribution >= 4 is 11.0 Å². The third kappa shape index (κ3) is 2.81. The van der Waals surface area contributed by atoms with Gasteiger partial charge in [-0.25, -0.2) is 0 Å². The van der Waals surface area contributed by atoms with Crippen LogP contribution in [0.3, 0.4) is 0 Å². The standard InChI is InChI=1S/C21H24N4O/c26-21(15-24-11-7-19-20(24)2-1-8-23-19)12-17-3-4-18(13-21)25(17)14-16-5-9-22-10-6-16/h1-2,5-11,17-18,26H,3-4,12-15H2/t17-,18-/m1/s1. The molecule has 0 spiro atoms. The Morgan fingerprint density at radius 2 is 1.81 bits per heavy atom. The highest BCUT2D eigenvalue weighted by molar-refractivity contribution is 5.75. The second-order valence-corrected chi connectivity index (χ2v) is 7.90. The summed E-state index contributed by atoms with van der Waals surface area (Å²) in [7, 11) is 0. The molecule has 0 aliphatic carbocycles. The molecule has 2 atom stereocenters. The van der Waals surface area contributed by atoms with Gasteiger partial charge in [-0.1, -0.05) is 0 Å². The topological polar surface area (TPSA) is 54.2 Å². The van der Waals surface area contributed by atoms with E-state index in [9.17, 15) is 5.11 Å². The van der Waals surface area contributed by atoms with Crippen molar-refractivity contribution in [3.05, 3.63) is 60.7 Å². The van der Waals surface area contributed by atoms with Crippen LogP contribution in [0, 0.1) is 0 Å². The molecule has 2 bridgehead atoms. The van der Waals surface area contributed by atoms with Crippen LogP contribution < -0.4 is 0 Å². The van der Waals surface area contributed by atoms with Crippen LogP contribution in [-0.2, 0) is 13.1 Å². The van der Waals surface area contributed by atoms with E-state index in [-0.39, 0.29) is 0 Å². The van der Waals surface area contributed by atoms with Gasteiger partial charge < -0.3 is 9.67 Å². The molecule has 5 rings (SSSR count). The number of nitrogens with zero attached hydrogens (tertiary/aromatic N) is 4. The lowest BCUT2D eigenvalue weighted by atomic mass is 9.85. The quantitative estimate of drug-likeness (QED) is 0.787. The SMILES string of the molecule is OC1(Cn2ccc3ncccc32)C[C@H]2CC[C@H](C1)N2Cc1ccncc1. The van der Waals surface area contributed by atoms with E-state index in [1.54, 1.807) is 0 Å². The fraction of sp³-hybridized carbons (Fsp3) is 0.429. The highest BCUT2D eigenvalue weighted by atomic mass is 16.3. The summed E-state index contributed by atoms with van der Waals surface area (Å²) in [5, 5.41) is 11.4. The average Bonchev–Trinajstić information content (AvgIpc) is 3.15. The van der Waals surface area contributed by atoms with Gasteiger partial charge >= 0.3 is 0 Å². The summed E-state index contributed by atoms with van der Waals surface area (Å²) in [6.07, 6.45) is 11.7. The Labute approximate surface area is 153 Å². The molecule has 2 aliphatic heterocycles. The minimum atomic E-state index is -0.637. The lowest BCUT2D eigenvalue weighted by molar-refractivity contribution is -0.0644. The first kappa shape index (κ1) is 16.0. The molecular weight excluding hydrogens is 324 g/mol. The fourth-order valence-electron chi connectivity index (χ4n) is 4.98. The van der Waals surface area contributed by atoms with Gasteiger partial charge in [0.15, 0.2) is 0 Å². The first-order valence-electron chi connectivity index (χ1n) is 9.47. The maximum absolute atomic E-state index is 11.4. The van der Waals surface area contributed by atoms with E-state index in [0.717, 1.165) is 30.4 Å². The summed E-state index contributed by atoms with van der Waals surface area (Å²) < 4.78 is 2.17. The van der Waals surface area contributed by atoms with Crippen molar-refractivity contribution in [1.82, 2.24) is 19.4 Å². The van der Waals surface area contributed by atoms with E-state index in [1.165, 1.54) is 18.4 Å². The summed E-state index contributed by atoms with van der Waals surface area (Å²) >= 11 is 0. The Balaban J connectivity index is 1.35. The Bertz CT molecular complexity index is 893. The zero-order valence-corrected chi connectivity index (χ0v) is 14.8. The molecule has 0 radical (unpaired) electrons. The van der Waals surface area contributed by atoms with Crippen LogP contribution in [0.5, 0.6) is 0 Å². The molecule has 2 saturated heterocycles. The van der Waals surface area contributed by atoms with Crippen molar-refractivity contribution in [1.29, 1.82) is 0 Å². The molecule has 2 aliphatic rings. The number of pyridine rings is 2. The maximum atomic E-state index is 11.4. The van der Waals surface area contributed by atoms with Crippen LogP contribution in [0.15, 0.2) is 55.1 Å². The molecule has 1 N–H and O–H groups in total. The van der Waals surface area contributed by atoms with Crippen molar-refractivity contribution in [3.8, 4) is 0 Å². The number of aromatic nitrogens is 3. The van der Waals surface area contributed by atoms with Crippen LogP contribution in [0.4, 0.5) is 0 Å². The van der Waals surface area contributed by atoms with Crippen LogP contribution in [0.25, 0.3) is 11.0 Å². The zero-order valence-electron chi connectivity index (χ0n) is 14.8. The second kappa shape index (κ2) is 6.18. The minimum absolute atomic E-state index is 0.465. The highest BCUT2D eigenvalue weighted by Gasteiger charge is 2.47. The van der Waals surface area contributed by atoms with Gasteiger partial charge in [0.05, 0.1) is 23.2 Å². The molecule has 0 unspecified atom stereocenters. The third-order valence-electron chi connectivity index (χ3n) is 6.12. The first-order valence-corrected chi connectivity index (χ1v) is 9.47. The van der Waals surface area contributed by atoms with E-state index < -0.39 is 5.60 Å². The number of hydrogen-bond acceptors (Lipinski definition) is 4.